The zero-order valence-corrected chi connectivity index (χ0v) is 54.9. The molecule has 98 heavy (non-hydrogen) atoms. The van der Waals surface area contributed by atoms with Crippen LogP contribution in [0.5, 0.6) is 5.75 Å². The number of carbonyl (C=O) groups excluding carboxylic acids is 5. The first-order valence-corrected chi connectivity index (χ1v) is 32.7. The number of carbonyl (C=O) groups is 5. The van der Waals surface area contributed by atoms with Crippen molar-refractivity contribution in [1.29, 1.82) is 0 Å². The van der Waals surface area contributed by atoms with Gasteiger partial charge in [0.05, 0.1) is 39.6 Å². The van der Waals surface area contributed by atoms with Gasteiger partial charge in [-0.2, -0.15) is 0 Å². The van der Waals surface area contributed by atoms with E-state index in [9.17, 15) is 85.3 Å². The quantitative estimate of drug-likeness (QED) is 0.0193. The first-order chi connectivity index (χ1) is 46.9. The van der Waals surface area contributed by atoms with Crippen LogP contribution in [0.1, 0.15) is 89.9 Å². The van der Waals surface area contributed by atoms with Crippen LogP contribution in [0.3, 0.4) is 0 Å². The second kappa shape index (κ2) is 36.7. The van der Waals surface area contributed by atoms with Gasteiger partial charge in [-0.25, -0.2) is 0 Å². The maximum absolute atomic E-state index is 13.9. The van der Waals surface area contributed by atoms with Crippen molar-refractivity contribution in [2.75, 3.05) is 46.8 Å². The molecule has 17 N–H and O–H groups in total. The van der Waals surface area contributed by atoms with E-state index in [-0.39, 0.29) is 12.2 Å². The number of methoxy groups -OCH3 is 1. The SMILES string of the molecule is CCCCCCC#CCCCOc1cccc(C(=O)N[C@@H]2C(O[C@H]3C(O)C(NC(C)=O)[C@H](OC4C(CO)O[C@@H](O[C@H]5C(O)C(NC(C)=O)C(OC6C(CO[C@@H]7OC8OC8[C@H](O)[C@H]7OC)OC(O)[C@@H](NC(C)=O)[C@@H]6O)O[C@H]5CO)[C@@H](NC(C)=O)[C@@H]4O)O[C@H]3CO)OC(CO)[C@@H](O)[C@@H]2O)c1. The predicted octanol–water partition coefficient (Wildman–Crippen LogP) is -7.30. The van der Waals surface area contributed by atoms with Crippen molar-refractivity contribution in [3.05, 3.63) is 29.8 Å². The van der Waals surface area contributed by atoms with Crippen molar-refractivity contribution in [3.63, 3.8) is 0 Å². The molecule has 36 nitrogen and oxygen atoms in total. The number of hydrogen-bond acceptors (Lipinski definition) is 31. The Kier molecular flexibility index (Phi) is 29.4. The largest absolute Gasteiger partial charge is 0.494 e. The summed E-state index contributed by atoms with van der Waals surface area (Å²) in [5.41, 5.74) is 0.0372. The van der Waals surface area contributed by atoms with Crippen LogP contribution in [-0.4, -0.2) is 322 Å². The lowest BCUT2D eigenvalue weighted by atomic mass is 9.93. The normalized spacial score (nSPS) is 39.9. The van der Waals surface area contributed by atoms with E-state index in [1.165, 1.54) is 19.2 Å². The van der Waals surface area contributed by atoms with Crippen molar-refractivity contribution in [1.82, 2.24) is 26.6 Å². The maximum Gasteiger partial charge on any atom is 0.251 e. The van der Waals surface area contributed by atoms with E-state index in [2.05, 4.69) is 45.3 Å². The molecule has 30 atom stereocenters. The van der Waals surface area contributed by atoms with E-state index in [1.54, 1.807) is 12.1 Å². The van der Waals surface area contributed by atoms with Gasteiger partial charge < -0.3 is 154 Å². The first kappa shape index (κ1) is 78.6. The van der Waals surface area contributed by atoms with Crippen LogP contribution >= 0.6 is 0 Å². The van der Waals surface area contributed by atoms with Crippen molar-refractivity contribution in [2.45, 2.75) is 264 Å². The Bertz CT molecular complexity index is 2810. The Morgan fingerprint density at radius 3 is 1.39 bits per heavy atom. The summed E-state index contributed by atoms with van der Waals surface area (Å²) in [6, 6.07) is -2.46. The van der Waals surface area contributed by atoms with Gasteiger partial charge in [0, 0.05) is 53.2 Å². The Morgan fingerprint density at radius 2 is 0.918 bits per heavy atom. The van der Waals surface area contributed by atoms with Crippen LogP contribution in [0, 0.1) is 11.8 Å². The summed E-state index contributed by atoms with van der Waals surface area (Å²) in [5.74, 6) is 2.64. The average molecular weight is 1410 g/mol. The number of aliphatic hydroxyl groups excluding tert-OH is 12. The number of nitrogens with one attached hydrogen (secondary N) is 5. The highest BCUT2D eigenvalue weighted by atomic mass is 16.8. The van der Waals surface area contributed by atoms with Gasteiger partial charge in [0.2, 0.25) is 23.6 Å². The Hall–Kier alpha value is -5.07. The van der Waals surface area contributed by atoms with E-state index >= 15 is 0 Å². The molecule has 0 bridgehead atoms. The summed E-state index contributed by atoms with van der Waals surface area (Å²) in [7, 11) is 1.28. The number of epoxide rings is 1. The van der Waals surface area contributed by atoms with E-state index in [0.717, 1.165) is 59.8 Å². The number of aliphatic hydroxyl groups is 12. The average Bonchev–Trinajstić information content (AvgIpc) is 1.29. The van der Waals surface area contributed by atoms with Crippen LogP contribution in [0.15, 0.2) is 24.3 Å². The minimum Gasteiger partial charge on any atom is -0.494 e. The van der Waals surface area contributed by atoms with Gasteiger partial charge in [-0.3, -0.25) is 24.0 Å². The molecule has 14 unspecified atom stereocenters. The van der Waals surface area contributed by atoms with E-state index in [0.29, 0.717) is 18.6 Å². The molecule has 0 aliphatic carbocycles. The molecule has 554 valence electrons. The van der Waals surface area contributed by atoms with E-state index in [1.807, 2.05) is 0 Å². The zero-order chi connectivity index (χ0) is 71.2. The zero-order valence-electron chi connectivity index (χ0n) is 54.9. The summed E-state index contributed by atoms with van der Waals surface area (Å²) in [4.78, 5) is 65.1. The van der Waals surface area contributed by atoms with Crippen LogP contribution in [0.2, 0.25) is 0 Å². The van der Waals surface area contributed by atoms with Gasteiger partial charge in [-0.05, 0) is 31.0 Å². The molecule has 36 heteroatoms. The van der Waals surface area contributed by atoms with Gasteiger partial charge in [-0.15, -0.1) is 11.8 Å². The Morgan fingerprint density at radius 1 is 0.469 bits per heavy atom. The van der Waals surface area contributed by atoms with Crippen molar-refractivity contribution in [3.8, 4) is 17.6 Å². The Labute approximate surface area is 564 Å². The number of rotatable bonds is 30. The molecular formula is C62H95N5O31. The number of ether oxygens (including phenoxy) is 14. The number of unbranched alkanes of at least 4 members (excludes halogenated alkanes) is 5. The first-order valence-electron chi connectivity index (χ1n) is 32.7. The molecule has 0 aromatic heterocycles. The standard InChI is InChI=1S/C62H95N5O31/c1-7-8-9-10-11-12-13-14-15-19-86-31-18-16-17-30(20-31)55(83)67-38-43(77)42(76)32(21-68)89-57(38)93-49-33(22-69)90-58(39(45(49)79)64-27(3)73)94-50-34(23-70)91-59(40(46(50)80)65-28(4)74)95-51-35(24-71)92-60(41(47(51)81)66-29(5)75)96-52-36(88-56(84)37(44(52)78)63-26(2)72)25-87-61-53(85-6)48(82)54-62(97-54)98-61/h16-18,20,32-54,56-62,68-71,76-82,84H,7-11,14-15,19,21-25H2,1-6H3,(H,63,72)(H,64,73)(H,65,74)(H,66,75)(H,67,83)/t32?,33-,34?,35-,36?,37-,38-,39?,40-,41?,42+,43+,44-,45?,46-,47?,48+,49+,50?,51+,52?,53+,54?,56?,57?,58-,59-,60?,61+,62?/m0/s1. The molecule has 7 aliphatic heterocycles. The number of benzene rings is 1. The third-order valence-electron chi connectivity index (χ3n) is 17.6. The molecule has 8 rings (SSSR count). The van der Waals surface area contributed by atoms with Crippen molar-refractivity contribution >= 4 is 29.5 Å². The number of amides is 5. The summed E-state index contributed by atoms with van der Waals surface area (Å²) < 4.78 is 83.3. The van der Waals surface area contributed by atoms with E-state index < -0.39 is 247 Å². The predicted molar refractivity (Wildman–Crippen MR) is 325 cm³/mol. The van der Waals surface area contributed by atoms with Crippen molar-refractivity contribution in [2.24, 2.45) is 0 Å². The maximum atomic E-state index is 13.9. The molecule has 1 aromatic carbocycles. The van der Waals surface area contributed by atoms with Crippen LogP contribution in [0.25, 0.3) is 0 Å². The lowest BCUT2D eigenvalue weighted by Crippen LogP contribution is -2.72. The number of fused-ring (bicyclic) bond motifs is 1. The summed E-state index contributed by atoms with van der Waals surface area (Å²) >= 11 is 0. The van der Waals surface area contributed by atoms with Gasteiger partial charge in [-0.1, -0.05) is 32.3 Å². The monoisotopic (exact) mass is 1410 g/mol. The summed E-state index contributed by atoms with van der Waals surface area (Å²) in [5, 5.41) is 148. The molecule has 5 amide bonds. The van der Waals surface area contributed by atoms with Gasteiger partial charge in [0.15, 0.2) is 44.0 Å². The molecule has 0 saturated carbocycles. The molecule has 7 heterocycles. The topological polar surface area (TPSA) is 521 Å². The van der Waals surface area contributed by atoms with Crippen LogP contribution < -0.4 is 31.3 Å². The third kappa shape index (κ3) is 19.6. The molecule has 0 radical (unpaired) electrons. The molecular weight excluding hydrogens is 1310 g/mol. The fraction of sp³-hybridized carbons (Fsp3) is 0.790. The lowest BCUT2D eigenvalue weighted by molar-refractivity contribution is -0.368. The second-order valence-corrected chi connectivity index (χ2v) is 24.9. The van der Waals surface area contributed by atoms with Crippen molar-refractivity contribution < 1.29 is 152 Å². The highest BCUT2D eigenvalue weighted by Crippen LogP contribution is 2.39. The molecule has 0 spiro atoms. The summed E-state index contributed by atoms with van der Waals surface area (Å²) in [6.07, 6.45) is -35.2. The van der Waals surface area contributed by atoms with Crippen LogP contribution in [0.4, 0.5) is 0 Å². The summed E-state index contributed by atoms with van der Waals surface area (Å²) in [6.45, 7) is 2.10. The minimum atomic E-state index is -2.06. The second-order valence-electron chi connectivity index (χ2n) is 24.9. The molecule has 7 saturated heterocycles. The Balaban J connectivity index is 0.969. The fourth-order valence-electron chi connectivity index (χ4n) is 12.5. The molecule has 7 fully saturated rings. The highest BCUT2D eigenvalue weighted by molar-refractivity contribution is 5.94. The van der Waals surface area contributed by atoms with Crippen LogP contribution in [-0.2, 0) is 80.8 Å². The molecule has 7 aliphatic rings. The fourth-order valence-corrected chi connectivity index (χ4v) is 12.5. The molecule has 1 aromatic rings. The smallest absolute Gasteiger partial charge is 0.251 e. The van der Waals surface area contributed by atoms with Gasteiger partial charge in [0.1, 0.15) is 146 Å². The van der Waals surface area contributed by atoms with Gasteiger partial charge in [0.25, 0.3) is 5.91 Å². The van der Waals surface area contributed by atoms with Gasteiger partial charge >= 0.3 is 0 Å². The van der Waals surface area contributed by atoms with E-state index in [4.69, 9.17) is 66.3 Å². The minimum absolute atomic E-state index is 0.0372. The highest BCUT2D eigenvalue weighted by Gasteiger charge is 2.60. The number of hydrogen-bond donors (Lipinski definition) is 17. The lowest BCUT2D eigenvalue weighted by Gasteiger charge is -2.51. The third-order valence-corrected chi connectivity index (χ3v) is 17.6.